The van der Waals surface area contributed by atoms with E-state index in [2.05, 4.69) is 5.32 Å². The van der Waals surface area contributed by atoms with Gasteiger partial charge in [0.25, 0.3) is 0 Å². The number of carbonyl (C=O) groups is 1. The molecule has 2 aromatic carbocycles. The Hall–Kier alpha value is -2.36. The standard InChI is InChI=1S/C20H23FN2O/c21-17-7-3-6-16(13-17)20(15-4-1-2-5-15)23-19(24)12-14-8-10-18(22)11-9-14/h3,6-11,13,15,20H,1-2,4-5,12,22H2,(H,23,24). The Labute approximate surface area is 142 Å². The molecule has 24 heavy (non-hydrogen) atoms. The summed E-state index contributed by atoms with van der Waals surface area (Å²) < 4.78 is 13.6. The molecule has 1 aliphatic rings. The third kappa shape index (κ3) is 4.13. The highest BCUT2D eigenvalue weighted by atomic mass is 19.1. The van der Waals surface area contributed by atoms with Crippen LogP contribution in [-0.4, -0.2) is 5.91 Å². The van der Waals surface area contributed by atoms with E-state index < -0.39 is 0 Å². The Morgan fingerprint density at radius 2 is 1.88 bits per heavy atom. The minimum atomic E-state index is -0.261. The van der Waals surface area contributed by atoms with Crippen LogP contribution in [0.3, 0.4) is 0 Å². The first-order chi connectivity index (χ1) is 11.6. The van der Waals surface area contributed by atoms with Crippen molar-refractivity contribution >= 4 is 11.6 Å². The summed E-state index contributed by atoms with van der Waals surface area (Å²) in [5, 5.41) is 3.13. The van der Waals surface area contributed by atoms with Crippen molar-refractivity contribution < 1.29 is 9.18 Å². The third-order valence-electron chi connectivity index (χ3n) is 4.74. The number of benzene rings is 2. The minimum absolute atomic E-state index is 0.0408. The van der Waals surface area contributed by atoms with Gasteiger partial charge in [-0.15, -0.1) is 0 Å². The van der Waals surface area contributed by atoms with E-state index in [-0.39, 0.29) is 17.8 Å². The van der Waals surface area contributed by atoms with Crippen molar-refractivity contribution in [3.05, 3.63) is 65.5 Å². The first-order valence-corrected chi connectivity index (χ1v) is 8.51. The Morgan fingerprint density at radius 1 is 1.17 bits per heavy atom. The normalized spacial score (nSPS) is 16.0. The van der Waals surface area contributed by atoms with Gasteiger partial charge in [0.2, 0.25) is 5.91 Å². The van der Waals surface area contributed by atoms with E-state index in [1.165, 1.54) is 25.0 Å². The summed E-state index contributed by atoms with van der Waals surface area (Å²) in [5.74, 6) is 0.0754. The number of carbonyl (C=O) groups excluding carboxylic acids is 1. The van der Waals surface area contributed by atoms with Crippen LogP contribution in [0.15, 0.2) is 48.5 Å². The Balaban J connectivity index is 1.73. The quantitative estimate of drug-likeness (QED) is 0.816. The fourth-order valence-corrected chi connectivity index (χ4v) is 3.51. The molecule has 1 saturated carbocycles. The number of nitrogens with two attached hydrogens (primary N) is 1. The van der Waals surface area contributed by atoms with Gasteiger partial charge in [0.1, 0.15) is 5.82 Å². The predicted octanol–water partition coefficient (Wildman–Crippen LogP) is 4.00. The first kappa shape index (κ1) is 16.5. The Bertz CT molecular complexity index is 693. The number of nitrogen functional groups attached to an aromatic ring is 1. The Morgan fingerprint density at radius 3 is 2.54 bits per heavy atom. The van der Waals surface area contributed by atoms with Gasteiger partial charge in [0.05, 0.1) is 12.5 Å². The maximum Gasteiger partial charge on any atom is 0.224 e. The fraction of sp³-hybridized carbons (Fsp3) is 0.350. The van der Waals surface area contributed by atoms with Crippen LogP contribution in [0.4, 0.5) is 10.1 Å². The maximum absolute atomic E-state index is 13.6. The van der Waals surface area contributed by atoms with E-state index in [0.29, 0.717) is 18.0 Å². The molecule has 1 fully saturated rings. The number of hydrogen-bond acceptors (Lipinski definition) is 2. The van der Waals surface area contributed by atoms with Crippen molar-refractivity contribution in [2.75, 3.05) is 5.73 Å². The molecule has 3 nitrogen and oxygen atoms in total. The van der Waals surface area contributed by atoms with Gasteiger partial charge in [-0.05, 0) is 54.2 Å². The highest BCUT2D eigenvalue weighted by molar-refractivity contribution is 5.79. The molecule has 1 aliphatic carbocycles. The molecule has 126 valence electrons. The van der Waals surface area contributed by atoms with Crippen LogP contribution in [0.25, 0.3) is 0 Å². The molecule has 0 bridgehead atoms. The molecular weight excluding hydrogens is 303 g/mol. The van der Waals surface area contributed by atoms with Crippen molar-refractivity contribution in [2.45, 2.75) is 38.1 Å². The molecule has 3 N–H and O–H groups in total. The van der Waals surface area contributed by atoms with E-state index in [9.17, 15) is 9.18 Å². The lowest BCUT2D eigenvalue weighted by Crippen LogP contribution is -2.33. The average Bonchev–Trinajstić information content (AvgIpc) is 3.09. The van der Waals surface area contributed by atoms with Crippen LogP contribution in [0, 0.1) is 11.7 Å². The maximum atomic E-state index is 13.6. The minimum Gasteiger partial charge on any atom is -0.399 e. The average molecular weight is 326 g/mol. The molecule has 1 unspecified atom stereocenters. The van der Waals surface area contributed by atoms with Crippen LogP contribution in [0.1, 0.15) is 42.9 Å². The molecular formula is C20H23FN2O. The molecule has 3 rings (SSSR count). The number of amides is 1. The third-order valence-corrected chi connectivity index (χ3v) is 4.74. The van der Waals surface area contributed by atoms with E-state index in [4.69, 9.17) is 5.73 Å². The van der Waals surface area contributed by atoms with Gasteiger partial charge in [-0.2, -0.15) is 0 Å². The summed E-state index contributed by atoms with van der Waals surface area (Å²) in [6, 6.07) is 13.8. The highest BCUT2D eigenvalue weighted by Crippen LogP contribution is 2.36. The predicted molar refractivity (Wildman–Crippen MR) is 93.8 cm³/mol. The molecule has 1 amide bonds. The van der Waals surface area contributed by atoms with Crippen LogP contribution < -0.4 is 11.1 Å². The van der Waals surface area contributed by atoms with Crippen LogP contribution >= 0.6 is 0 Å². The number of anilines is 1. The summed E-state index contributed by atoms with van der Waals surface area (Å²) in [7, 11) is 0. The summed E-state index contributed by atoms with van der Waals surface area (Å²) in [4.78, 5) is 12.5. The van der Waals surface area contributed by atoms with Crippen molar-refractivity contribution in [2.24, 2.45) is 5.92 Å². The number of hydrogen-bond donors (Lipinski definition) is 2. The largest absolute Gasteiger partial charge is 0.399 e. The van der Waals surface area contributed by atoms with Gasteiger partial charge in [-0.1, -0.05) is 37.1 Å². The van der Waals surface area contributed by atoms with Crippen molar-refractivity contribution in [3.8, 4) is 0 Å². The van der Waals surface area contributed by atoms with Crippen molar-refractivity contribution in [1.29, 1.82) is 0 Å². The van der Waals surface area contributed by atoms with Crippen LogP contribution in [0.2, 0.25) is 0 Å². The first-order valence-electron chi connectivity index (χ1n) is 8.51. The molecule has 0 radical (unpaired) electrons. The summed E-state index contributed by atoms with van der Waals surface area (Å²) in [5.41, 5.74) is 8.13. The monoisotopic (exact) mass is 326 g/mol. The lowest BCUT2D eigenvalue weighted by atomic mass is 9.91. The van der Waals surface area contributed by atoms with Gasteiger partial charge < -0.3 is 11.1 Å². The second-order valence-corrected chi connectivity index (χ2v) is 6.56. The molecule has 4 heteroatoms. The zero-order valence-electron chi connectivity index (χ0n) is 13.7. The summed E-state index contributed by atoms with van der Waals surface area (Å²) >= 11 is 0. The van der Waals surface area contributed by atoms with Crippen molar-refractivity contribution in [1.82, 2.24) is 5.32 Å². The fourth-order valence-electron chi connectivity index (χ4n) is 3.51. The lowest BCUT2D eigenvalue weighted by molar-refractivity contribution is -0.121. The summed E-state index contributed by atoms with van der Waals surface area (Å²) in [6.07, 6.45) is 4.79. The number of rotatable bonds is 5. The zero-order chi connectivity index (χ0) is 16.9. The van der Waals surface area contributed by atoms with E-state index in [1.807, 2.05) is 18.2 Å². The van der Waals surface area contributed by atoms with E-state index >= 15 is 0 Å². The van der Waals surface area contributed by atoms with Gasteiger partial charge in [0.15, 0.2) is 0 Å². The molecule has 0 aromatic heterocycles. The van der Waals surface area contributed by atoms with Gasteiger partial charge in [0, 0.05) is 5.69 Å². The highest BCUT2D eigenvalue weighted by Gasteiger charge is 2.27. The van der Waals surface area contributed by atoms with Gasteiger partial charge in [-0.3, -0.25) is 4.79 Å². The molecule has 2 aromatic rings. The van der Waals surface area contributed by atoms with E-state index in [0.717, 1.165) is 24.0 Å². The second-order valence-electron chi connectivity index (χ2n) is 6.56. The molecule has 1 atom stereocenters. The van der Waals surface area contributed by atoms with Gasteiger partial charge in [-0.25, -0.2) is 4.39 Å². The lowest BCUT2D eigenvalue weighted by Gasteiger charge is -2.25. The molecule has 0 saturated heterocycles. The van der Waals surface area contributed by atoms with Crippen LogP contribution in [0.5, 0.6) is 0 Å². The second kappa shape index (κ2) is 7.47. The smallest absolute Gasteiger partial charge is 0.224 e. The SMILES string of the molecule is Nc1ccc(CC(=O)NC(c2cccc(F)c2)C2CCCC2)cc1. The number of halogens is 1. The summed E-state index contributed by atoms with van der Waals surface area (Å²) in [6.45, 7) is 0. The Kier molecular flexibility index (Phi) is 5.14. The van der Waals surface area contributed by atoms with Crippen molar-refractivity contribution in [3.63, 3.8) is 0 Å². The van der Waals surface area contributed by atoms with E-state index in [1.54, 1.807) is 18.2 Å². The van der Waals surface area contributed by atoms with Crippen LogP contribution in [-0.2, 0) is 11.2 Å². The topological polar surface area (TPSA) is 55.1 Å². The molecule has 0 aliphatic heterocycles. The zero-order valence-corrected chi connectivity index (χ0v) is 13.7. The number of nitrogens with one attached hydrogen (secondary N) is 1. The molecule has 0 heterocycles. The molecule has 0 spiro atoms. The van der Waals surface area contributed by atoms with Gasteiger partial charge >= 0.3 is 0 Å².